The van der Waals surface area contributed by atoms with Gasteiger partial charge in [-0.15, -0.1) is 0 Å². The Labute approximate surface area is 224 Å². The molecule has 6 rings (SSSR count). The van der Waals surface area contributed by atoms with E-state index >= 15 is 0 Å². The van der Waals surface area contributed by atoms with Crippen molar-refractivity contribution in [3.63, 3.8) is 0 Å². The van der Waals surface area contributed by atoms with Crippen LogP contribution >= 0.6 is 0 Å². The fourth-order valence-corrected chi connectivity index (χ4v) is 6.10. The lowest BCUT2D eigenvalue weighted by Crippen LogP contribution is -2.38. The maximum Gasteiger partial charge on any atom is 0.340 e. The number of cyclic esters (lactones) is 1. The average molecular weight is 507 g/mol. The van der Waals surface area contributed by atoms with Gasteiger partial charge in [0.25, 0.3) is 0 Å². The molecule has 0 radical (unpaired) electrons. The molecule has 194 valence electrons. The van der Waals surface area contributed by atoms with E-state index in [2.05, 4.69) is 69.1 Å². The number of benzene rings is 3. The maximum absolute atomic E-state index is 14.0. The molecule has 5 nitrogen and oxygen atoms in total. The van der Waals surface area contributed by atoms with E-state index in [9.17, 15) is 9.59 Å². The molecule has 2 heterocycles. The fraction of sp³-hybridized carbons (Fsp3) is 0.333. The first-order chi connectivity index (χ1) is 18.0. The van der Waals surface area contributed by atoms with Crippen LogP contribution in [0.5, 0.6) is 0 Å². The molecule has 0 saturated carbocycles. The summed E-state index contributed by atoms with van der Waals surface area (Å²) in [5.41, 5.74) is 6.96. The Hall–Kier alpha value is -3.86. The fourth-order valence-electron chi connectivity index (χ4n) is 6.10. The van der Waals surface area contributed by atoms with E-state index in [4.69, 9.17) is 4.74 Å². The highest BCUT2D eigenvalue weighted by Gasteiger charge is 2.46. The number of rotatable bonds is 2. The van der Waals surface area contributed by atoms with Gasteiger partial charge in [0, 0.05) is 23.3 Å². The molecule has 0 saturated heterocycles. The summed E-state index contributed by atoms with van der Waals surface area (Å²) >= 11 is 0. The highest BCUT2D eigenvalue weighted by Crippen LogP contribution is 2.52. The maximum atomic E-state index is 14.0. The van der Waals surface area contributed by atoms with Crippen molar-refractivity contribution < 1.29 is 14.3 Å². The molecule has 3 aliphatic rings. The molecule has 1 aliphatic carbocycles. The van der Waals surface area contributed by atoms with Crippen LogP contribution in [0.4, 0.5) is 11.4 Å². The van der Waals surface area contributed by atoms with Gasteiger partial charge >= 0.3 is 5.97 Å². The van der Waals surface area contributed by atoms with Crippen LogP contribution in [0.3, 0.4) is 0 Å². The van der Waals surface area contributed by atoms with Crippen molar-refractivity contribution in [3.8, 4) is 0 Å². The summed E-state index contributed by atoms with van der Waals surface area (Å²) in [5, 5.41) is 3.65. The SMILES string of the molecule is CC1(C)CC(=O)C2=C(C1)Nc1ccccc1N(C1OC(=O)c3ccccc31)C2c1ccc(C(C)(C)C)cc1. The number of anilines is 2. The normalized spacial score (nSPS) is 22.2. The number of Topliss-reactive ketones (excluding diaryl/α,β-unsaturated/α-hetero) is 1. The predicted octanol–water partition coefficient (Wildman–Crippen LogP) is 7.47. The van der Waals surface area contributed by atoms with Crippen molar-refractivity contribution in [1.29, 1.82) is 0 Å². The minimum atomic E-state index is -0.663. The average Bonchev–Trinajstić information content (AvgIpc) is 3.11. The number of nitrogens with zero attached hydrogens (tertiary/aromatic N) is 1. The van der Waals surface area contributed by atoms with Gasteiger partial charge in [-0.1, -0.05) is 89.2 Å². The Bertz CT molecular complexity index is 1480. The van der Waals surface area contributed by atoms with Crippen molar-refractivity contribution in [2.24, 2.45) is 5.41 Å². The molecular weight excluding hydrogens is 472 g/mol. The molecule has 38 heavy (non-hydrogen) atoms. The van der Waals surface area contributed by atoms with E-state index < -0.39 is 12.3 Å². The summed E-state index contributed by atoms with van der Waals surface area (Å²) < 4.78 is 6.09. The molecule has 0 aromatic heterocycles. The van der Waals surface area contributed by atoms with Crippen LogP contribution < -0.4 is 10.2 Å². The summed E-state index contributed by atoms with van der Waals surface area (Å²) in [6.45, 7) is 10.9. The molecule has 0 amide bonds. The number of carbonyl (C=O) groups excluding carboxylic acids is 2. The zero-order valence-electron chi connectivity index (χ0n) is 22.7. The van der Waals surface area contributed by atoms with E-state index in [1.165, 1.54) is 5.56 Å². The highest BCUT2D eigenvalue weighted by atomic mass is 16.6. The molecule has 5 heteroatoms. The second-order valence-electron chi connectivity index (χ2n) is 12.5. The number of allylic oxidation sites excluding steroid dienone is 1. The molecule has 0 fully saturated rings. The lowest BCUT2D eigenvalue weighted by atomic mass is 9.73. The Morgan fingerprint density at radius 3 is 2.32 bits per heavy atom. The smallest absolute Gasteiger partial charge is 0.340 e. The van der Waals surface area contributed by atoms with Crippen molar-refractivity contribution in [3.05, 3.63) is 106 Å². The minimum Gasteiger partial charge on any atom is -0.433 e. The topological polar surface area (TPSA) is 58.6 Å². The van der Waals surface area contributed by atoms with E-state index in [0.717, 1.165) is 40.2 Å². The first-order valence-corrected chi connectivity index (χ1v) is 13.3. The lowest BCUT2D eigenvalue weighted by molar-refractivity contribution is -0.118. The molecular formula is C33H34N2O3. The molecule has 1 N–H and O–H groups in total. The zero-order valence-corrected chi connectivity index (χ0v) is 22.7. The molecule has 3 aromatic carbocycles. The second-order valence-corrected chi connectivity index (χ2v) is 12.5. The van der Waals surface area contributed by atoms with Gasteiger partial charge in [0.05, 0.1) is 23.0 Å². The van der Waals surface area contributed by atoms with Gasteiger partial charge in [-0.2, -0.15) is 0 Å². The number of fused-ring (bicyclic) bond motifs is 2. The largest absolute Gasteiger partial charge is 0.433 e. The van der Waals surface area contributed by atoms with Gasteiger partial charge in [0.2, 0.25) is 6.23 Å². The number of ether oxygens (including phenoxy) is 1. The van der Waals surface area contributed by atoms with E-state index in [1.54, 1.807) is 0 Å². The van der Waals surface area contributed by atoms with E-state index in [1.807, 2.05) is 48.5 Å². The quantitative estimate of drug-likeness (QED) is 0.365. The number of para-hydroxylation sites is 2. The number of esters is 1. The van der Waals surface area contributed by atoms with Crippen molar-refractivity contribution >= 4 is 23.1 Å². The molecule has 2 aliphatic heterocycles. The molecule has 2 unspecified atom stereocenters. The monoisotopic (exact) mass is 506 g/mol. The summed E-state index contributed by atoms with van der Waals surface area (Å²) in [7, 11) is 0. The van der Waals surface area contributed by atoms with E-state index in [0.29, 0.717) is 12.0 Å². The van der Waals surface area contributed by atoms with Crippen LogP contribution in [0, 0.1) is 5.41 Å². The van der Waals surface area contributed by atoms with Crippen LogP contribution in [0.1, 0.15) is 86.8 Å². The molecule has 3 aromatic rings. The Morgan fingerprint density at radius 1 is 0.895 bits per heavy atom. The van der Waals surface area contributed by atoms with Crippen molar-refractivity contribution in [2.75, 3.05) is 10.2 Å². The number of nitrogens with one attached hydrogen (secondary N) is 1. The standard InChI is InChI=1S/C33H34N2O3/c1-32(2,3)21-16-14-20(15-17-21)29-28-25(18-33(4,5)19-27(28)36)34-24-12-8-9-13-26(24)35(29)30-22-10-6-7-11-23(22)31(37)38-30/h6-17,29-30,34H,18-19H2,1-5H3. The summed E-state index contributed by atoms with van der Waals surface area (Å²) in [6, 6.07) is 23.8. The Kier molecular flexibility index (Phi) is 5.53. The highest BCUT2D eigenvalue weighted by molar-refractivity contribution is 6.02. The summed E-state index contributed by atoms with van der Waals surface area (Å²) in [4.78, 5) is 29.1. The third-order valence-electron chi connectivity index (χ3n) is 7.95. The molecule has 0 bridgehead atoms. The van der Waals surface area contributed by atoms with Crippen molar-refractivity contribution in [2.45, 2.75) is 65.1 Å². The van der Waals surface area contributed by atoms with Crippen molar-refractivity contribution in [1.82, 2.24) is 0 Å². The number of ketones is 1. The van der Waals surface area contributed by atoms with Crippen LogP contribution in [0.25, 0.3) is 0 Å². The predicted molar refractivity (Wildman–Crippen MR) is 150 cm³/mol. The third-order valence-corrected chi connectivity index (χ3v) is 7.95. The second kappa shape index (κ2) is 8.59. The van der Waals surface area contributed by atoms with Gasteiger partial charge in [0.1, 0.15) is 0 Å². The number of hydrogen-bond donors (Lipinski definition) is 1. The zero-order chi connectivity index (χ0) is 26.8. The van der Waals surface area contributed by atoms with Gasteiger partial charge in [0.15, 0.2) is 5.78 Å². The van der Waals surface area contributed by atoms with Gasteiger partial charge in [-0.05, 0) is 46.6 Å². The van der Waals surface area contributed by atoms with Crippen LogP contribution in [-0.4, -0.2) is 11.8 Å². The number of carbonyl (C=O) groups is 2. The van der Waals surface area contributed by atoms with Crippen LogP contribution in [0.15, 0.2) is 84.1 Å². The Balaban J connectivity index is 1.62. The van der Waals surface area contributed by atoms with Gasteiger partial charge in [-0.3, -0.25) is 4.79 Å². The van der Waals surface area contributed by atoms with Gasteiger partial charge < -0.3 is 15.0 Å². The lowest BCUT2D eigenvalue weighted by Gasteiger charge is -2.40. The third kappa shape index (κ3) is 4.01. The number of hydrogen-bond acceptors (Lipinski definition) is 5. The van der Waals surface area contributed by atoms with Crippen LogP contribution in [-0.2, 0) is 14.9 Å². The van der Waals surface area contributed by atoms with E-state index in [-0.39, 0.29) is 22.6 Å². The van der Waals surface area contributed by atoms with Gasteiger partial charge in [-0.25, -0.2) is 4.79 Å². The molecule has 0 spiro atoms. The summed E-state index contributed by atoms with van der Waals surface area (Å²) in [5.74, 6) is -0.212. The molecule has 2 atom stereocenters. The Morgan fingerprint density at radius 2 is 1.58 bits per heavy atom. The van der Waals surface area contributed by atoms with Crippen LogP contribution in [0.2, 0.25) is 0 Å². The minimum absolute atomic E-state index is 0.00482. The first kappa shape index (κ1) is 24.5. The summed E-state index contributed by atoms with van der Waals surface area (Å²) in [6.07, 6.45) is 0.562. The first-order valence-electron chi connectivity index (χ1n) is 13.3.